The van der Waals surface area contributed by atoms with Crippen LogP contribution in [0.3, 0.4) is 0 Å². The lowest BCUT2D eigenvalue weighted by Gasteiger charge is -2.40. The standard InChI is InChI=1S/C26H29BrN2O.C25H27BrN2O2.C24H27BrN2O3/c1-29(2,25-6-4-3-5-7-25)18-19-8-14-24(15-9-19)28-26(30)21-11-10-20-12-13-23(27)17-22(20)16-21;1-28(2,24-11-13-30-14-12-24)17-18-3-9-23(10-4-18)27-25(29)20-6-5-19-7-8-22(26)16-21(19)15-20;1-27(2,22-9-11-29-12-10-22)15-17-3-6-21(7-4-17)26-24(28)19-13-18-14-20(25)5-8-23(18)30-16-19/h8-17,25H,3-7,18H2,1-2H3;3-10,15-16,24H,11-14,17H2,1-2H3;3-8,13-14,22H,9-12,15-16H2,1-2H3/p+3. The highest BCUT2D eigenvalue weighted by molar-refractivity contribution is 9.11. The normalized spacial score (nSPS) is 15.9. The molecule has 0 unspecified atom stereocenters. The lowest BCUT2D eigenvalue weighted by atomic mass is 9.92. The summed E-state index contributed by atoms with van der Waals surface area (Å²) in [5.74, 6) is 0.488. The van der Waals surface area contributed by atoms with Crippen LogP contribution in [0.25, 0.3) is 27.6 Å². The van der Waals surface area contributed by atoms with Crippen LogP contribution in [0.5, 0.6) is 5.75 Å². The first-order valence-electron chi connectivity index (χ1n) is 31.6. The van der Waals surface area contributed by atoms with Crippen LogP contribution in [-0.2, 0) is 33.9 Å². The highest BCUT2D eigenvalue weighted by atomic mass is 79.9. The van der Waals surface area contributed by atoms with Crippen molar-refractivity contribution in [2.75, 3.05) is 91.3 Å². The van der Waals surface area contributed by atoms with E-state index in [4.69, 9.17) is 14.2 Å². The monoisotopic (exact) mass is 1400 g/mol. The van der Waals surface area contributed by atoms with Crippen LogP contribution >= 0.6 is 47.8 Å². The predicted molar refractivity (Wildman–Crippen MR) is 377 cm³/mol. The van der Waals surface area contributed by atoms with E-state index in [1.54, 1.807) is 0 Å². The second-order valence-corrected chi connectivity index (χ2v) is 29.0. The Morgan fingerprint density at radius 2 is 0.778 bits per heavy atom. The molecule has 3 heterocycles. The molecular formula is C75H86Br3N6O6+3. The van der Waals surface area contributed by atoms with E-state index in [0.29, 0.717) is 28.8 Å². The van der Waals surface area contributed by atoms with Gasteiger partial charge in [-0.2, -0.15) is 0 Å². The Bertz CT molecular complexity index is 3640. The van der Waals surface area contributed by atoms with Crippen LogP contribution in [0.2, 0.25) is 0 Å². The zero-order chi connectivity index (χ0) is 63.4. The zero-order valence-corrected chi connectivity index (χ0v) is 57.6. The number of hydrogen-bond acceptors (Lipinski definition) is 6. The number of carbonyl (C=O) groups excluding carboxylic acids is 3. The van der Waals surface area contributed by atoms with Gasteiger partial charge in [0.2, 0.25) is 0 Å². The molecule has 90 heavy (non-hydrogen) atoms. The second kappa shape index (κ2) is 30.3. The van der Waals surface area contributed by atoms with Crippen LogP contribution < -0.4 is 20.7 Å². The van der Waals surface area contributed by atoms with Gasteiger partial charge < -0.3 is 43.6 Å². The van der Waals surface area contributed by atoms with Crippen LogP contribution in [0.4, 0.5) is 17.1 Å². The summed E-state index contributed by atoms with van der Waals surface area (Å²) in [5, 5.41) is 13.4. The number of carbonyl (C=O) groups is 3. The molecule has 0 aromatic heterocycles. The summed E-state index contributed by atoms with van der Waals surface area (Å²) in [4.78, 5) is 38.2. The van der Waals surface area contributed by atoms with Crippen molar-refractivity contribution in [3.63, 3.8) is 0 Å². The fourth-order valence-corrected chi connectivity index (χ4v) is 14.2. The van der Waals surface area contributed by atoms with E-state index < -0.39 is 0 Å². The maximum absolute atomic E-state index is 12.7. The molecular weight excluding hydrogens is 1320 g/mol. The number of benzene rings is 8. The highest BCUT2D eigenvalue weighted by Gasteiger charge is 2.33. The molecule has 12 rings (SSSR count). The van der Waals surface area contributed by atoms with E-state index in [1.165, 1.54) is 48.8 Å². The van der Waals surface area contributed by atoms with Gasteiger partial charge in [-0.15, -0.1) is 0 Å². The van der Waals surface area contributed by atoms with Gasteiger partial charge in [-0.25, -0.2) is 0 Å². The van der Waals surface area contributed by atoms with Crippen molar-refractivity contribution < 1.29 is 42.0 Å². The summed E-state index contributed by atoms with van der Waals surface area (Å²) in [7, 11) is 13.9. The number of amides is 3. The molecule has 8 aromatic rings. The van der Waals surface area contributed by atoms with Gasteiger partial charge in [0.15, 0.2) is 0 Å². The SMILES string of the molecule is C[N+](C)(Cc1ccc(NC(=O)C2=Cc3cc(Br)ccc3OC2)cc1)C1CCOCC1.C[N+](C)(Cc1ccc(NC(=O)c2ccc3ccc(Br)cc3c2)cc1)C1CCCCC1.C[N+](C)(Cc1ccc(NC(=O)c2ccc3ccc(Br)cc3c2)cc1)C1CCOCC1. The molecule has 0 radical (unpaired) electrons. The Hall–Kier alpha value is -6.53. The molecule has 12 nitrogen and oxygen atoms in total. The Morgan fingerprint density at radius 3 is 1.20 bits per heavy atom. The summed E-state index contributed by atoms with van der Waals surface area (Å²) >= 11 is 10.5. The van der Waals surface area contributed by atoms with Crippen molar-refractivity contribution in [2.45, 2.75) is 95.5 Å². The summed E-state index contributed by atoms with van der Waals surface area (Å²) in [6.07, 6.45) is 13.1. The van der Waals surface area contributed by atoms with Crippen LogP contribution in [0.15, 0.2) is 183 Å². The van der Waals surface area contributed by atoms with E-state index >= 15 is 0 Å². The van der Waals surface area contributed by atoms with Gasteiger partial charge >= 0.3 is 0 Å². The minimum Gasteiger partial charge on any atom is -0.488 e. The third kappa shape index (κ3) is 18.2. The third-order valence-corrected chi connectivity index (χ3v) is 19.9. The summed E-state index contributed by atoms with van der Waals surface area (Å²) in [6.45, 7) is 6.68. The number of nitrogens with one attached hydrogen (secondary N) is 3. The predicted octanol–water partition coefficient (Wildman–Crippen LogP) is 17.0. The molecule has 3 amide bonds. The van der Waals surface area contributed by atoms with E-state index in [2.05, 4.69) is 142 Å². The first-order valence-corrected chi connectivity index (χ1v) is 34.0. The lowest BCUT2D eigenvalue weighted by molar-refractivity contribution is -0.929. The van der Waals surface area contributed by atoms with Gasteiger partial charge in [-0.3, -0.25) is 14.4 Å². The van der Waals surface area contributed by atoms with Crippen molar-refractivity contribution in [2.24, 2.45) is 0 Å². The number of halogens is 3. The minimum absolute atomic E-state index is 0.0806. The van der Waals surface area contributed by atoms with Crippen LogP contribution in [-0.4, -0.2) is 125 Å². The van der Waals surface area contributed by atoms with E-state index in [9.17, 15) is 14.4 Å². The smallest absolute Gasteiger partial charge is 0.255 e. The van der Waals surface area contributed by atoms with E-state index in [0.717, 1.165) is 155 Å². The molecule has 3 aliphatic heterocycles. The number of fused-ring (bicyclic) bond motifs is 3. The molecule has 8 aromatic carbocycles. The minimum atomic E-state index is -0.133. The van der Waals surface area contributed by atoms with Crippen LogP contribution in [0, 0.1) is 0 Å². The average molecular weight is 1410 g/mol. The summed E-state index contributed by atoms with van der Waals surface area (Å²) < 4.78 is 22.7. The van der Waals surface area contributed by atoms with Crippen molar-refractivity contribution in [1.29, 1.82) is 0 Å². The molecule has 15 heteroatoms. The Kier molecular flexibility index (Phi) is 22.3. The molecule has 2 saturated heterocycles. The maximum atomic E-state index is 12.7. The largest absolute Gasteiger partial charge is 0.488 e. The van der Waals surface area contributed by atoms with Gasteiger partial charge in [-0.1, -0.05) is 115 Å². The van der Waals surface area contributed by atoms with Crippen molar-refractivity contribution in [3.8, 4) is 5.75 Å². The van der Waals surface area contributed by atoms with Crippen molar-refractivity contribution >= 4 is 110 Å². The molecule has 3 fully saturated rings. The Labute approximate surface area is 557 Å². The van der Waals surface area contributed by atoms with Gasteiger partial charge in [0.05, 0.1) is 92.4 Å². The number of ether oxygens (including phenoxy) is 3. The van der Waals surface area contributed by atoms with E-state index in [-0.39, 0.29) is 24.3 Å². The number of quaternary nitrogens is 3. The zero-order valence-electron chi connectivity index (χ0n) is 52.8. The molecule has 1 aliphatic carbocycles. The van der Waals surface area contributed by atoms with Gasteiger partial charge in [-0.05, 0) is 156 Å². The van der Waals surface area contributed by atoms with Gasteiger partial charge in [0, 0.05) is 89.5 Å². The molecule has 0 spiro atoms. The first-order chi connectivity index (χ1) is 43.2. The van der Waals surface area contributed by atoms with Gasteiger partial charge in [0.1, 0.15) is 32.0 Å². The Balaban J connectivity index is 0.000000148. The van der Waals surface area contributed by atoms with Crippen molar-refractivity contribution in [3.05, 3.63) is 216 Å². The van der Waals surface area contributed by atoms with Gasteiger partial charge in [0.25, 0.3) is 17.7 Å². The fourth-order valence-electron chi connectivity index (χ4n) is 13.0. The maximum Gasteiger partial charge on any atom is 0.255 e. The lowest BCUT2D eigenvalue weighted by Crippen LogP contribution is -2.50. The first kappa shape index (κ1) is 66.4. The molecule has 0 atom stereocenters. The molecule has 4 aliphatic rings. The average Bonchev–Trinajstić information content (AvgIpc) is 1.56. The number of nitrogens with zero attached hydrogens (tertiary/aromatic N) is 3. The third-order valence-electron chi connectivity index (χ3n) is 18.4. The topological polar surface area (TPSA) is 115 Å². The molecule has 470 valence electrons. The molecule has 1 saturated carbocycles. The number of anilines is 3. The van der Waals surface area contributed by atoms with Crippen molar-refractivity contribution in [1.82, 2.24) is 0 Å². The Morgan fingerprint density at radius 1 is 0.411 bits per heavy atom. The summed E-state index contributed by atoms with van der Waals surface area (Å²) in [6, 6.07) is 56.3. The highest BCUT2D eigenvalue weighted by Crippen LogP contribution is 2.32. The van der Waals surface area contributed by atoms with E-state index in [1.807, 2.05) is 133 Å². The quantitative estimate of drug-likeness (QED) is 0.0881. The molecule has 3 N–H and O–H groups in total. The number of rotatable bonds is 15. The molecule has 0 bridgehead atoms. The second-order valence-electron chi connectivity index (χ2n) is 26.3. The fraction of sp³-hybridized carbons (Fsp3) is 0.347. The summed E-state index contributed by atoms with van der Waals surface area (Å²) in [5.41, 5.74) is 9.15. The van der Waals surface area contributed by atoms with Crippen LogP contribution in [0.1, 0.15) is 101 Å². The number of hydrogen-bond donors (Lipinski definition) is 3.